The lowest BCUT2D eigenvalue weighted by molar-refractivity contribution is -0.116. The van der Waals surface area contributed by atoms with Crippen LogP contribution in [-0.2, 0) is 16.1 Å². The first-order chi connectivity index (χ1) is 19.0. The molecule has 0 unspecified atom stereocenters. The van der Waals surface area contributed by atoms with Gasteiger partial charge in [0.2, 0.25) is 11.8 Å². The first-order valence-electron chi connectivity index (χ1n) is 12.5. The summed E-state index contributed by atoms with van der Waals surface area (Å²) in [5, 5.41) is 8.07. The number of ether oxygens (including phenoxy) is 2. The monoisotopic (exact) mass is 566 g/mol. The first-order valence-corrected chi connectivity index (χ1v) is 14.3. The Morgan fingerprint density at radius 2 is 1.74 bits per heavy atom. The largest absolute Gasteiger partial charge is 0.497 e. The number of thiophene rings is 1. The van der Waals surface area contributed by atoms with Crippen LogP contribution in [-0.4, -0.2) is 41.3 Å². The van der Waals surface area contributed by atoms with E-state index in [1.807, 2.05) is 23.6 Å². The predicted molar refractivity (Wildman–Crippen MR) is 156 cm³/mol. The highest BCUT2D eigenvalue weighted by atomic mass is 32.2. The molecule has 4 aromatic rings. The number of methoxy groups -OCH3 is 2. The van der Waals surface area contributed by atoms with E-state index in [0.29, 0.717) is 52.6 Å². The fourth-order valence-corrected chi connectivity index (χ4v) is 5.53. The van der Waals surface area contributed by atoms with Gasteiger partial charge in [-0.2, -0.15) is 0 Å². The molecular formula is C28H30N4O5S2. The Morgan fingerprint density at radius 1 is 0.949 bits per heavy atom. The summed E-state index contributed by atoms with van der Waals surface area (Å²) in [5.74, 6) is 1.11. The third kappa shape index (κ3) is 7.61. The summed E-state index contributed by atoms with van der Waals surface area (Å²) in [4.78, 5) is 42.8. The van der Waals surface area contributed by atoms with Gasteiger partial charge in [0.25, 0.3) is 5.56 Å². The number of anilines is 2. The molecule has 0 spiro atoms. The van der Waals surface area contributed by atoms with Crippen LogP contribution in [0.15, 0.2) is 69.9 Å². The molecule has 0 radical (unpaired) electrons. The third-order valence-electron chi connectivity index (χ3n) is 5.90. The van der Waals surface area contributed by atoms with Crippen LogP contribution in [0.3, 0.4) is 0 Å². The smallest absolute Gasteiger partial charge is 0.272 e. The van der Waals surface area contributed by atoms with E-state index < -0.39 is 0 Å². The quantitative estimate of drug-likeness (QED) is 0.127. The van der Waals surface area contributed by atoms with Crippen molar-refractivity contribution in [2.24, 2.45) is 0 Å². The number of para-hydroxylation sites is 2. The molecule has 204 valence electrons. The molecule has 0 bridgehead atoms. The van der Waals surface area contributed by atoms with Crippen LogP contribution in [0.4, 0.5) is 11.4 Å². The summed E-state index contributed by atoms with van der Waals surface area (Å²) in [6.07, 6.45) is 2.54. The van der Waals surface area contributed by atoms with E-state index >= 15 is 0 Å². The number of fused-ring (bicyclic) bond motifs is 1. The van der Waals surface area contributed by atoms with E-state index in [4.69, 9.17) is 9.47 Å². The van der Waals surface area contributed by atoms with Gasteiger partial charge in [-0.3, -0.25) is 19.0 Å². The lowest BCUT2D eigenvalue weighted by Gasteiger charge is -2.13. The minimum Gasteiger partial charge on any atom is -0.497 e. The molecule has 2 aromatic heterocycles. The van der Waals surface area contributed by atoms with Crippen molar-refractivity contribution in [1.29, 1.82) is 0 Å². The predicted octanol–water partition coefficient (Wildman–Crippen LogP) is 5.41. The maximum absolute atomic E-state index is 13.2. The van der Waals surface area contributed by atoms with Crippen molar-refractivity contribution in [2.75, 3.05) is 30.6 Å². The minimum absolute atomic E-state index is 0.0590. The van der Waals surface area contributed by atoms with Crippen LogP contribution < -0.4 is 25.7 Å². The summed E-state index contributed by atoms with van der Waals surface area (Å²) < 4.78 is 12.7. The maximum Gasteiger partial charge on any atom is 0.272 e. The fourth-order valence-electron chi connectivity index (χ4n) is 3.93. The van der Waals surface area contributed by atoms with Gasteiger partial charge in [0.15, 0.2) is 5.16 Å². The second-order valence-corrected chi connectivity index (χ2v) is 10.5. The van der Waals surface area contributed by atoms with Gasteiger partial charge in [0.05, 0.1) is 31.2 Å². The molecule has 0 aliphatic rings. The van der Waals surface area contributed by atoms with Crippen molar-refractivity contribution in [1.82, 2.24) is 9.55 Å². The second kappa shape index (κ2) is 13.8. The standard InChI is InChI=1S/C28H30N4O5S2/c1-36-20-13-11-19(12-14-20)29-24(33)10-4-3-7-16-32-27(35)26-22(15-17-38-26)31-28(32)39-18-25(34)30-21-8-5-6-9-23(21)37-2/h5-6,8-9,11-15,17H,3-4,7,10,16,18H2,1-2H3,(H,29,33)(H,30,34). The number of benzene rings is 2. The minimum atomic E-state index is -0.224. The van der Waals surface area contributed by atoms with E-state index in [-0.39, 0.29) is 23.1 Å². The molecule has 0 aliphatic heterocycles. The van der Waals surface area contributed by atoms with Crippen LogP contribution in [0, 0.1) is 0 Å². The van der Waals surface area contributed by atoms with E-state index in [1.165, 1.54) is 23.1 Å². The van der Waals surface area contributed by atoms with E-state index in [0.717, 1.165) is 17.9 Å². The molecule has 0 fully saturated rings. The Balaban J connectivity index is 1.32. The molecule has 11 heteroatoms. The van der Waals surface area contributed by atoms with Gasteiger partial charge in [0.1, 0.15) is 16.2 Å². The molecule has 0 atom stereocenters. The normalized spacial score (nSPS) is 10.8. The van der Waals surface area contributed by atoms with Gasteiger partial charge in [-0.25, -0.2) is 4.98 Å². The molecule has 0 aliphatic carbocycles. The molecular weight excluding hydrogens is 536 g/mol. The summed E-state index contributed by atoms with van der Waals surface area (Å²) >= 11 is 2.58. The van der Waals surface area contributed by atoms with Crippen LogP contribution in [0.5, 0.6) is 11.5 Å². The molecule has 39 heavy (non-hydrogen) atoms. The summed E-state index contributed by atoms with van der Waals surface area (Å²) in [5.41, 5.74) is 1.82. The number of hydrogen-bond acceptors (Lipinski definition) is 8. The number of hydrogen-bond donors (Lipinski definition) is 2. The molecule has 4 rings (SSSR count). The van der Waals surface area contributed by atoms with Crippen LogP contribution in [0.25, 0.3) is 10.2 Å². The number of rotatable bonds is 13. The van der Waals surface area contributed by atoms with Crippen LogP contribution >= 0.6 is 23.1 Å². The number of nitrogens with zero attached hydrogens (tertiary/aromatic N) is 2. The van der Waals surface area contributed by atoms with Gasteiger partial charge in [-0.05, 0) is 60.7 Å². The lowest BCUT2D eigenvalue weighted by Crippen LogP contribution is -2.24. The number of thioether (sulfide) groups is 1. The number of carbonyl (C=O) groups excluding carboxylic acids is 2. The highest BCUT2D eigenvalue weighted by molar-refractivity contribution is 7.99. The molecule has 9 nitrogen and oxygen atoms in total. The Hall–Kier alpha value is -3.83. The number of aromatic nitrogens is 2. The van der Waals surface area contributed by atoms with Crippen molar-refractivity contribution >= 4 is 56.5 Å². The summed E-state index contributed by atoms with van der Waals surface area (Å²) in [6, 6.07) is 16.2. The molecule has 2 heterocycles. The third-order valence-corrected chi connectivity index (χ3v) is 7.77. The van der Waals surface area contributed by atoms with Crippen molar-refractivity contribution in [2.45, 2.75) is 37.4 Å². The van der Waals surface area contributed by atoms with Gasteiger partial charge < -0.3 is 20.1 Å². The topological polar surface area (TPSA) is 112 Å². The number of nitrogens with one attached hydrogen (secondary N) is 2. The highest BCUT2D eigenvalue weighted by Gasteiger charge is 2.15. The zero-order valence-electron chi connectivity index (χ0n) is 21.8. The molecule has 2 aromatic carbocycles. The zero-order valence-corrected chi connectivity index (χ0v) is 23.4. The van der Waals surface area contributed by atoms with Crippen LogP contribution in [0.2, 0.25) is 0 Å². The Bertz CT molecular complexity index is 1480. The average Bonchev–Trinajstić information content (AvgIpc) is 3.42. The van der Waals surface area contributed by atoms with Gasteiger partial charge >= 0.3 is 0 Å². The van der Waals surface area contributed by atoms with Crippen molar-refractivity contribution < 1.29 is 19.1 Å². The lowest BCUT2D eigenvalue weighted by atomic mass is 10.2. The fraction of sp³-hybridized carbons (Fsp3) is 0.286. The Morgan fingerprint density at radius 3 is 2.51 bits per heavy atom. The number of amides is 2. The van der Waals surface area contributed by atoms with E-state index in [9.17, 15) is 14.4 Å². The number of unbranched alkanes of at least 4 members (excludes halogenated alkanes) is 2. The first kappa shape index (κ1) is 28.2. The molecule has 0 saturated carbocycles. The molecule has 2 amide bonds. The van der Waals surface area contributed by atoms with Crippen molar-refractivity contribution in [3.63, 3.8) is 0 Å². The maximum atomic E-state index is 13.2. The van der Waals surface area contributed by atoms with Crippen molar-refractivity contribution in [3.8, 4) is 11.5 Å². The summed E-state index contributed by atoms with van der Waals surface area (Å²) in [6.45, 7) is 0.455. The van der Waals surface area contributed by atoms with Crippen LogP contribution in [0.1, 0.15) is 25.7 Å². The SMILES string of the molecule is COc1ccc(NC(=O)CCCCCn2c(SCC(=O)Nc3ccccc3OC)nc3ccsc3c2=O)cc1. The zero-order chi connectivity index (χ0) is 27.6. The van der Waals surface area contributed by atoms with E-state index in [2.05, 4.69) is 15.6 Å². The second-order valence-electron chi connectivity index (χ2n) is 8.61. The van der Waals surface area contributed by atoms with Crippen molar-refractivity contribution in [3.05, 3.63) is 70.3 Å². The molecule has 0 saturated heterocycles. The number of carbonyl (C=O) groups is 2. The Kier molecular flexibility index (Phi) is 9.98. The average molecular weight is 567 g/mol. The van der Waals surface area contributed by atoms with Gasteiger partial charge in [-0.15, -0.1) is 11.3 Å². The summed E-state index contributed by atoms with van der Waals surface area (Å²) in [7, 11) is 3.14. The molecule has 2 N–H and O–H groups in total. The Labute approximate surface area is 234 Å². The highest BCUT2D eigenvalue weighted by Crippen LogP contribution is 2.25. The van der Waals surface area contributed by atoms with Gasteiger partial charge in [-0.1, -0.05) is 30.3 Å². The van der Waals surface area contributed by atoms with Gasteiger partial charge in [0, 0.05) is 18.7 Å². The van der Waals surface area contributed by atoms with E-state index in [1.54, 1.807) is 55.2 Å².